The van der Waals surface area contributed by atoms with Crippen molar-refractivity contribution in [3.8, 4) is 6.07 Å². The van der Waals surface area contributed by atoms with Gasteiger partial charge in [0.1, 0.15) is 0 Å². The largest absolute Gasteiger partial charge is 0.304 e. The Morgan fingerprint density at radius 3 is 2.67 bits per heavy atom. The van der Waals surface area contributed by atoms with Crippen LogP contribution < -0.4 is 0 Å². The molecule has 0 aromatic carbocycles. The zero-order chi connectivity index (χ0) is 9.40. The van der Waals surface area contributed by atoms with E-state index in [1.165, 1.54) is 12.8 Å². The highest BCUT2D eigenvalue weighted by Crippen LogP contribution is 2.04. The fraction of sp³-hybridized carbons (Fsp3) is 0.900. The zero-order valence-corrected chi connectivity index (χ0v) is 8.51. The minimum absolute atomic E-state index is 0.661. The Morgan fingerprint density at radius 1 is 1.50 bits per heavy atom. The second kappa shape index (κ2) is 7.12. The van der Waals surface area contributed by atoms with E-state index in [2.05, 4.69) is 31.9 Å². The summed E-state index contributed by atoms with van der Waals surface area (Å²) in [5.41, 5.74) is 0. The van der Waals surface area contributed by atoms with Gasteiger partial charge in [0.15, 0.2) is 0 Å². The highest BCUT2D eigenvalue weighted by molar-refractivity contribution is 4.70. The molecule has 2 heteroatoms. The van der Waals surface area contributed by atoms with Gasteiger partial charge in [-0.1, -0.05) is 13.3 Å². The fourth-order valence-electron chi connectivity index (χ4n) is 1.27. The van der Waals surface area contributed by atoms with Crippen LogP contribution in [0.25, 0.3) is 0 Å². The third kappa shape index (κ3) is 5.15. The first-order valence-electron chi connectivity index (χ1n) is 4.79. The lowest BCUT2D eigenvalue weighted by molar-refractivity contribution is 0.243. The lowest BCUT2D eigenvalue weighted by Gasteiger charge is -2.23. The quantitative estimate of drug-likeness (QED) is 0.569. The molecule has 0 aromatic heterocycles. The van der Waals surface area contributed by atoms with Crippen molar-refractivity contribution < 1.29 is 0 Å². The van der Waals surface area contributed by atoms with E-state index in [1.807, 2.05) is 0 Å². The van der Waals surface area contributed by atoms with Crippen LogP contribution in [0.1, 0.15) is 39.5 Å². The summed E-state index contributed by atoms with van der Waals surface area (Å²) >= 11 is 0. The van der Waals surface area contributed by atoms with Crippen molar-refractivity contribution in [1.82, 2.24) is 4.90 Å². The first kappa shape index (κ1) is 11.4. The van der Waals surface area contributed by atoms with E-state index < -0.39 is 0 Å². The second-order valence-electron chi connectivity index (χ2n) is 3.38. The molecule has 0 bridgehead atoms. The summed E-state index contributed by atoms with van der Waals surface area (Å²) in [6.07, 6.45) is 4.18. The standard InChI is InChI=1S/C10H20N2/c1-4-7-10(2)12(3)9-6-5-8-11/h10H,4-7,9H2,1-3H3. The second-order valence-corrected chi connectivity index (χ2v) is 3.38. The molecule has 0 N–H and O–H groups in total. The van der Waals surface area contributed by atoms with Crippen LogP contribution in [0.5, 0.6) is 0 Å². The molecule has 0 radical (unpaired) electrons. The molecule has 0 rings (SSSR count). The monoisotopic (exact) mass is 168 g/mol. The number of nitriles is 1. The van der Waals surface area contributed by atoms with E-state index in [4.69, 9.17) is 5.26 Å². The van der Waals surface area contributed by atoms with Crippen molar-refractivity contribution in [3.05, 3.63) is 0 Å². The van der Waals surface area contributed by atoms with Gasteiger partial charge in [-0.25, -0.2) is 0 Å². The van der Waals surface area contributed by atoms with Gasteiger partial charge in [-0.3, -0.25) is 0 Å². The molecule has 2 nitrogen and oxygen atoms in total. The Labute approximate surface area is 76.2 Å². The van der Waals surface area contributed by atoms with E-state index in [0.29, 0.717) is 12.5 Å². The highest BCUT2D eigenvalue weighted by Gasteiger charge is 2.06. The van der Waals surface area contributed by atoms with Crippen LogP contribution in [0.2, 0.25) is 0 Å². The molecule has 1 atom stereocenters. The maximum Gasteiger partial charge on any atom is 0.0622 e. The molecule has 0 amide bonds. The van der Waals surface area contributed by atoms with Gasteiger partial charge in [0, 0.05) is 12.5 Å². The zero-order valence-electron chi connectivity index (χ0n) is 8.51. The summed E-state index contributed by atoms with van der Waals surface area (Å²) in [5.74, 6) is 0. The van der Waals surface area contributed by atoms with Crippen LogP contribution in [-0.4, -0.2) is 24.5 Å². The normalized spacial score (nSPS) is 12.9. The summed E-state index contributed by atoms with van der Waals surface area (Å²) in [5, 5.41) is 8.35. The number of hydrogen-bond acceptors (Lipinski definition) is 2. The van der Waals surface area contributed by atoms with Crippen molar-refractivity contribution in [2.75, 3.05) is 13.6 Å². The smallest absolute Gasteiger partial charge is 0.0622 e. The molecular weight excluding hydrogens is 148 g/mol. The first-order valence-corrected chi connectivity index (χ1v) is 4.79. The molecule has 0 aliphatic rings. The Hall–Kier alpha value is -0.550. The lowest BCUT2D eigenvalue weighted by Crippen LogP contribution is -2.29. The molecular formula is C10H20N2. The number of hydrogen-bond donors (Lipinski definition) is 0. The number of rotatable bonds is 6. The molecule has 0 saturated heterocycles. The Bertz CT molecular complexity index is 137. The molecule has 0 spiro atoms. The van der Waals surface area contributed by atoms with Gasteiger partial charge in [0.2, 0.25) is 0 Å². The van der Waals surface area contributed by atoms with E-state index in [0.717, 1.165) is 13.0 Å². The Balaban J connectivity index is 3.43. The maximum atomic E-state index is 8.35. The average Bonchev–Trinajstić information content (AvgIpc) is 2.05. The van der Waals surface area contributed by atoms with E-state index in [1.54, 1.807) is 0 Å². The van der Waals surface area contributed by atoms with Crippen molar-refractivity contribution in [2.24, 2.45) is 0 Å². The SMILES string of the molecule is CCCC(C)N(C)CCCC#N. The third-order valence-corrected chi connectivity index (χ3v) is 2.26. The van der Waals surface area contributed by atoms with Gasteiger partial charge < -0.3 is 4.90 Å². The lowest BCUT2D eigenvalue weighted by atomic mass is 10.1. The predicted molar refractivity (Wildman–Crippen MR) is 51.8 cm³/mol. The van der Waals surface area contributed by atoms with Gasteiger partial charge in [0.05, 0.1) is 6.07 Å². The molecule has 12 heavy (non-hydrogen) atoms. The van der Waals surface area contributed by atoms with E-state index in [-0.39, 0.29) is 0 Å². The molecule has 0 saturated carbocycles. The third-order valence-electron chi connectivity index (χ3n) is 2.26. The molecule has 0 aliphatic carbocycles. The van der Waals surface area contributed by atoms with Crippen LogP contribution in [-0.2, 0) is 0 Å². The van der Waals surface area contributed by atoms with Gasteiger partial charge in [-0.15, -0.1) is 0 Å². The molecule has 0 aromatic rings. The van der Waals surface area contributed by atoms with Crippen LogP contribution in [0.3, 0.4) is 0 Å². The summed E-state index contributed by atoms with van der Waals surface area (Å²) in [6.45, 7) is 5.50. The van der Waals surface area contributed by atoms with Gasteiger partial charge >= 0.3 is 0 Å². The molecule has 0 heterocycles. The van der Waals surface area contributed by atoms with E-state index >= 15 is 0 Å². The predicted octanol–water partition coefficient (Wildman–Crippen LogP) is 2.41. The topological polar surface area (TPSA) is 27.0 Å². The molecule has 70 valence electrons. The average molecular weight is 168 g/mol. The minimum atomic E-state index is 0.661. The van der Waals surface area contributed by atoms with Crippen LogP contribution >= 0.6 is 0 Å². The summed E-state index contributed by atoms with van der Waals surface area (Å²) in [6, 6.07) is 2.83. The molecule has 0 fully saturated rings. The van der Waals surface area contributed by atoms with Crippen molar-refractivity contribution in [3.63, 3.8) is 0 Å². The maximum absolute atomic E-state index is 8.35. The van der Waals surface area contributed by atoms with Gasteiger partial charge in [-0.05, 0) is 33.4 Å². The summed E-state index contributed by atoms with van der Waals surface area (Å²) < 4.78 is 0. The van der Waals surface area contributed by atoms with Gasteiger partial charge in [-0.2, -0.15) is 5.26 Å². The number of unbranched alkanes of at least 4 members (excludes halogenated alkanes) is 1. The van der Waals surface area contributed by atoms with Gasteiger partial charge in [0.25, 0.3) is 0 Å². The Morgan fingerprint density at radius 2 is 2.17 bits per heavy atom. The molecule has 1 unspecified atom stereocenters. The van der Waals surface area contributed by atoms with Crippen LogP contribution in [0.4, 0.5) is 0 Å². The molecule has 0 aliphatic heterocycles. The fourth-order valence-corrected chi connectivity index (χ4v) is 1.27. The van der Waals surface area contributed by atoms with Crippen molar-refractivity contribution in [1.29, 1.82) is 5.26 Å². The van der Waals surface area contributed by atoms with Crippen molar-refractivity contribution in [2.45, 2.75) is 45.6 Å². The van der Waals surface area contributed by atoms with E-state index in [9.17, 15) is 0 Å². The van der Waals surface area contributed by atoms with Crippen molar-refractivity contribution >= 4 is 0 Å². The summed E-state index contributed by atoms with van der Waals surface area (Å²) in [7, 11) is 2.14. The first-order chi connectivity index (χ1) is 5.72. The Kier molecular flexibility index (Phi) is 6.79. The number of nitrogens with zero attached hydrogens (tertiary/aromatic N) is 2. The highest BCUT2D eigenvalue weighted by atomic mass is 15.1. The minimum Gasteiger partial charge on any atom is -0.304 e. The summed E-state index contributed by atoms with van der Waals surface area (Å²) in [4.78, 5) is 2.33. The van der Waals surface area contributed by atoms with Crippen LogP contribution in [0, 0.1) is 11.3 Å². The van der Waals surface area contributed by atoms with Crippen LogP contribution in [0.15, 0.2) is 0 Å².